The molecule has 0 aliphatic rings. The van der Waals surface area contributed by atoms with E-state index < -0.39 is 0 Å². The first kappa shape index (κ1) is 10.6. The van der Waals surface area contributed by atoms with Gasteiger partial charge >= 0.3 is 0 Å². The van der Waals surface area contributed by atoms with E-state index in [1.807, 2.05) is 36.4 Å². The molecule has 2 aromatic rings. The van der Waals surface area contributed by atoms with Crippen LogP contribution in [0, 0.1) is 0 Å². The van der Waals surface area contributed by atoms with Gasteiger partial charge in [0.1, 0.15) is 11.5 Å². The summed E-state index contributed by atoms with van der Waals surface area (Å²) in [5.74, 6) is 1.55. The molecular weight excluding hydrogens is 220 g/mol. The van der Waals surface area contributed by atoms with Gasteiger partial charge < -0.3 is 10.1 Å². The fraction of sp³-hybridized carbons (Fsp3) is 0. The van der Waals surface area contributed by atoms with E-state index in [2.05, 4.69) is 10.3 Å². The van der Waals surface area contributed by atoms with Gasteiger partial charge in [0.25, 0.3) is 0 Å². The molecule has 3 nitrogen and oxygen atoms in total. The molecule has 0 atom stereocenters. The highest BCUT2D eigenvalue weighted by Crippen LogP contribution is 2.21. The second kappa shape index (κ2) is 5.23. The number of hydrogen-bond acceptors (Lipinski definition) is 3. The summed E-state index contributed by atoms with van der Waals surface area (Å²) < 4.78 is 5.61. The molecule has 1 heterocycles. The summed E-state index contributed by atoms with van der Waals surface area (Å²) in [6.45, 7) is 0. The van der Waals surface area contributed by atoms with Crippen molar-refractivity contribution in [3.63, 3.8) is 0 Å². The monoisotopic (exact) mass is 230 g/mol. The molecule has 1 aromatic carbocycles. The molecule has 0 aliphatic heterocycles. The maximum Gasteiger partial charge on any atom is 0.130 e. The standard InChI is InChI=1S/C12H10N2OS/c16-9-14-10-1-3-11(4-2-10)15-12-5-7-13-8-6-12/h1-9H,(H,14,16). The quantitative estimate of drug-likeness (QED) is 0.818. The molecule has 0 fully saturated rings. The summed E-state index contributed by atoms with van der Waals surface area (Å²) in [6, 6.07) is 11.2. The highest BCUT2D eigenvalue weighted by molar-refractivity contribution is 7.79. The number of rotatable bonds is 4. The van der Waals surface area contributed by atoms with Crippen LogP contribution in [0.4, 0.5) is 5.69 Å². The zero-order chi connectivity index (χ0) is 11.2. The summed E-state index contributed by atoms with van der Waals surface area (Å²) in [7, 11) is 0. The zero-order valence-corrected chi connectivity index (χ0v) is 9.28. The van der Waals surface area contributed by atoms with Gasteiger partial charge in [0.2, 0.25) is 0 Å². The highest BCUT2D eigenvalue weighted by Gasteiger charge is 1.96. The Bertz CT molecular complexity index is 456. The third-order valence-corrected chi connectivity index (χ3v) is 2.08. The largest absolute Gasteiger partial charge is 0.457 e. The van der Waals surface area contributed by atoms with Gasteiger partial charge in [0, 0.05) is 18.1 Å². The first-order chi connectivity index (χ1) is 7.88. The molecular formula is C12H10N2OS. The third kappa shape index (κ3) is 2.77. The number of aromatic nitrogens is 1. The van der Waals surface area contributed by atoms with E-state index in [9.17, 15) is 0 Å². The highest BCUT2D eigenvalue weighted by atomic mass is 32.1. The van der Waals surface area contributed by atoms with Gasteiger partial charge in [-0.1, -0.05) is 12.2 Å². The molecule has 1 N–H and O–H groups in total. The lowest BCUT2D eigenvalue weighted by Crippen LogP contribution is -1.91. The number of benzene rings is 1. The Kier molecular flexibility index (Phi) is 3.46. The SMILES string of the molecule is S=CNc1ccc(Oc2ccncc2)cc1. The van der Waals surface area contributed by atoms with E-state index in [-0.39, 0.29) is 0 Å². The zero-order valence-electron chi connectivity index (χ0n) is 8.46. The van der Waals surface area contributed by atoms with Gasteiger partial charge in [-0.15, -0.1) is 0 Å². The Morgan fingerprint density at radius 2 is 1.62 bits per heavy atom. The van der Waals surface area contributed by atoms with Crippen LogP contribution in [0.5, 0.6) is 11.5 Å². The van der Waals surface area contributed by atoms with Crippen LogP contribution in [0.15, 0.2) is 48.8 Å². The van der Waals surface area contributed by atoms with Crippen LogP contribution in [-0.2, 0) is 0 Å². The molecule has 0 aliphatic carbocycles. The average Bonchev–Trinajstić information content (AvgIpc) is 2.33. The molecule has 0 unspecified atom stereocenters. The average molecular weight is 230 g/mol. The molecule has 0 radical (unpaired) electrons. The number of nitrogens with zero attached hydrogens (tertiary/aromatic N) is 1. The fourth-order valence-electron chi connectivity index (χ4n) is 1.23. The van der Waals surface area contributed by atoms with Crippen molar-refractivity contribution < 1.29 is 4.74 Å². The maximum atomic E-state index is 5.61. The fourth-order valence-corrected chi connectivity index (χ4v) is 1.37. The van der Waals surface area contributed by atoms with E-state index in [1.165, 1.54) is 5.49 Å². The van der Waals surface area contributed by atoms with Crippen LogP contribution in [-0.4, -0.2) is 10.5 Å². The second-order valence-corrected chi connectivity index (χ2v) is 3.31. The molecule has 4 heteroatoms. The lowest BCUT2D eigenvalue weighted by Gasteiger charge is -2.05. The van der Waals surface area contributed by atoms with Crippen LogP contribution in [0.2, 0.25) is 0 Å². The number of thiocarbonyl (C=S) groups is 1. The topological polar surface area (TPSA) is 34.1 Å². The minimum atomic E-state index is 0.769. The summed E-state index contributed by atoms with van der Waals surface area (Å²) >= 11 is 4.70. The van der Waals surface area contributed by atoms with Crippen molar-refractivity contribution in [1.29, 1.82) is 0 Å². The smallest absolute Gasteiger partial charge is 0.130 e. The van der Waals surface area contributed by atoms with E-state index in [4.69, 9.17) is 17.0 Å². The van der Waals surface area contributed by atoms with Crippen molar-refractivity contribution in [1.82, 2.24) is 4.98 Å². The molecule has 0 saturated carbocycles. The van der Waals surface area contributed by atoms with Crippen molar-refractivity contribution >= 4 is 23.4 Å². The third-order valence-electron chi connectivity index (χ3n) is 1.97. The molecule has 80 valence electrons. The molecule has 0 spiro atoms. The lowest BCUT2D eigenvalue weighted by molar-refractivity contribution is 0.482. The summed E-state index contributed by atoms with van der Waals surface area (Å²) in [6.07, 6.45) is 3.38. The van der Waals surface area contributed by atoms with Crippen molar-refractivity contribution in [2.24, 2.45) is 0 Å². The Morgan fingerprint density at radius 3 is 2.25 bits per heavy atom. The molecule has 16 heavy (non-hydrogen) atoms. The number of hydrogen-bond donors (Lipinski definition) is 1. The Balaban J connectivity index is 2.08. The number of nitrogens with one attached hydrogen (secondary N) is 1. The van der Waals surface area contributed by atoms with Crippen LogP contribution in [0.1, 0.15) is 0 Å². The normalized spacial score (nSPS) is 9.50. The minimum Gasteiger partial charge on any atom is -0.457 e. The first-order valence-corrected chi connectivity index (χ1v) is 5.24. The van der Waals surface area contributed by atoms with Crippen LogP contribution >= 0.6 is 12.2 Å². The van der Waals surface area contributed by atoms with Gasteiger partial charge in [-0.25, -0.2) is 0 Å². The van der Waals surface area contributed by atoms with Gasteiger partial charge in [-0.2, -0.15) is 0 Å². The Hall–Kier alpha value is -1.94. The summed E-state index contributed by atoms with van der Waals surface area (Å²) in [4.78, 5) is 3.92. The van der Waals surface area contributed by atoms with E-state index >= 15 is 0 Å². The summed E-state index contributed by atoms with van der Waals surface area (Å²) in [5.41, 5.74) is 2.41. The Morgan fingerprint density at radius 1 is 1.00 bits per heavy atom. The van der Waals surface area contributed by atoms with Crippen molar-refractivity contribution in [3.05, 3.63) is 48.8 Å². The molecule has 0 amide bonds. The number of pyridine rings is 1. The van der Waals surface area contributed by atoms with Gasteiger partial charge in [-0.3, -0.25) is 4.98 Å². The van der Waals surface area contributed by atoms with Crippen LogP contribution < -0.4 is 10.1 Å². The molecule has 0 bridgehead atoms. The van der Waals surface area contributed by atoms with Crippen LogP contribution in [0.25, 0.3) is 0 Å². The molecule has 0 saturated heterocycles. The van der Waals surface area contributed by atoms with E-state index in [0.717, 1.165) is 17.2 Å². The van der Waals surface area contributed by atoms with Gasteiger partial charge in [0.15, 0.2) is 0 Å². The molecule has 1 aromatic heterocycles. The summed E-state index contributed by atoms with van der Waals surface area (Å²) in [5, 5.41) is 2.92. The van der Waals surface area contributed by atoms with E-state index in [1.54, 1.807) is 12.4 Å². The van der Waals surface area contributed by atoms with E-state index in [0.29, 0.717) is 0 Å². The first-order valence-electron chi connectivity index (χ1n) is 4.76. The van der Waals surface area contributed by atoms with Crippen molar-refractivity contribution in [3.8, 4) is 11.5 Å². The lowest BCUT2D eigenvalue weighted by atomic mass is 10.3. The Labute approximate surface area is 99.1 Å². The van der Waals surface area contributed by atoms with Gasteiger partial charge in [-0.05, 0) is 36.4 Å². The predicted octanol–water partition coefficient (Wildman–Crippen LogP) is 3.24. The maximum absolute atomic E-state index is 5.61. The molecule has 2 rings (SSSR count). The van der Waals surface area contributed by atoms with Gasteiger partial charge in [0.05, 0.1) is 5.49 Å². The minimum absolute atomic E-state index is 0.769. The number of anilines is 1. The van der Waals surface area contributed by atoms with Crippen molar-refractivity contribution in [2.75, 3.05) is 5.32 Å². The van der Waals surface area contributed by atoms with Crippen molar-refractivity contribution in [2.45, 2.75) is 0 Å². The number of ether oxygens (including phenoxy) is 1. The predicted molar refractivity (Wildman–Crippen MR) is 68.0 cm³/mol. The van der Waals surface area contributed by atoms with Crippen LogP contribution in [0.3, 0.4) is 0 Å². The second-order valence-electron chi connectivity index (χ2n) is 3.07.